The molecule has 0 aromatic rings. The van der Waals surface area contributed by atoms with Gasteiger partial charge in [-0.25, -0.2) is 8.42 Å². The second-order valence-corrected chi connectivity index (χ2v) is 7.95. The van der Waals surface area contributed by atoms with E-state index < -0.39 is 9.84 Å². The lowest BCUT2D eigenvalue weighted by molar-refractivity contribution is 0.152. The Morgan fingerprint density at radius 2 is 1.71 bits per heavy atom. The Labute approximate surface area is 106 Å². The van der Waals surface area contributed by atoms with Crippen molar-refractivity contribution in [1.82, 2.24) is 10.2 Å². The monoisotopic (exact) mass is 262 g/mol. The van der Waals surface area contributed by atoms with Crippen LogP contribution in [0.5, 0.6) is 0 Å². The van der Waals surface area contributed by atoms with Crippen LogP contribution in [-0.2, 0) is 9.84 Å². The van der Waals surface area contributed by atoms with Crippen molar-refractivity contribution in [3.8, 4) is 0 Å². The SMILES string of the molecule is CC1CNCC(C)CN(C(C)CS(C)(=O)=O)C1. The number of nitrogens with zero attached hydrogens (tertiary/aromatic N) is 1. The van der Waals surface area contributed by atoms with E-state index in [0.717, 1.165) is 26.2 Å². The number of rotatable bonds is 3. The zero-order chi connectivity index (χ0) is 13.1. The van der Waals surface area contributed by atoms with Crippen molar-refractivity contribution in [2.24, 2.45) is 11.8 Å². The van der Waals surface area contributed by atoms with Crippen molar-refractivity contribution >= 4 is 9.84 Å². The highest BCUT2D eigenvalue weighted by Crippen LogP contribution is 2.12. The van der Waals surface area contributed by atoms with Gasteiger partial charge in [-0.1, -0.05) is 13.8 Å². The van der Waals surface area contributed by atoms with Gasteiger partial charge in [0.15, 0.2) is 0 Å². The Kier molecular flexibility index (Phi) is 5.41. The number of nitrogens with one attached hydrogen (secondary N) is 1. The van der Waals surface area contributed by atoms with Crippen LogP contribution in [0.15, 0.2) is 0 Å². The van der Waals surface area contributed by atoms with Gasteiger partial charge >= 0.3 is 0 Å². The average Bonchev–Trinajstić information content (AvgIpc) is 2.11. The Hall–Kier alpha value is -0.130. The van der Waals surface area contributed by atoms with Crippen LogP contribution in [-0.4, -0.2) is 57.5 Å². The molecule has 0 spiro atoms. The summed E-state index contributed by atoms with van der Waals surface area (Å²) in [6.45, 7) is 10.4. The molecule has 1 N–H and O–H groups in total. The Morgan fingerprint density at radius 3 is 2.12 bits per heavy atom. The van der Waals surface area contributed by atoms with Gasteiger partial charge in [-0.3, -0.25) is 4.90 Å². The topological polar surface area (TPSA) is 49.4 Å². The summed E-state index contributed by atoms with van der Waals surface area (Å²) in [4.78, 5) is 2.33. The van der Waals surface area contributed by atoms with Gasteiger partial charge in [0, 0.05) is 25.4 Å². The summed E-state index contributed by atoms with van der Waals surface area (Å²) < 4.78 is 22.7. The molecule has 1 aliphatic rings. The first-order chi connectivity index (χ1) is 7.78. The van der Waals surface area contributed by atoms with Crippen LogP contribution in [0.2, 0.25) is 0 Å². The van der Waals surface area contributed by atoms with Crippen LogP contribution >= 0.6 is 0 Å². The molecule has 0 aliphatic carbocycles. The zero-order valence-corrected chi connectivity index (χ0v) is 12.3. The third-order valence-electron chi connectivity index (χ3n) is 3.25. The molecule has 0 amide bonds. The molecule has 3 atom stereocenters. The smallest absolute Gasteiger partial charge is 0.148 e. The van der Waals surface area contributed by atoms with Gasteiger partial charge in [0.1, 0.15) is 9.84 Å². The molecule has 102 valence electrons. The van der Waals surface area contributed by atoms with E-state index in [1.54, 1.807) is 0 Å². The largest absolute Gasteiger partial charge is 0.316 e. The number of sulfone groups is 1. The number of hydrogen-bond acceptors (Lipinski definition) is 4. The summed E-state index contributed by atoms with van der Waals surface area (Å²) in [5.41, 5.74) is 0. The molecular weight excluding hydrogens is 236 g/mol. The fourth-order valence-electron chi connectivity index (χ4n) is 2.48. The molecule has 1 saturated heterocycles. The normalized spacial score (nSPS) is 30.6. The van der Waals surface area contributed by atoms with Gasteiger partial charge in [-0.15, -0.1) is 0 Å². The highest BCUT2D eigenvalue weighted by Gasteiger charge is 2.23. The van der Waals surface area contributed by atoms with Crippen molar-refractivity contribution in [1.29, 1.82) is 0 Å². The van der Waals surface area contributed by atoms with Crippen molar-refractivity contribution in [3.63, 3.8) is 0 Å². The first-order valence-corrected chi connectivity index (χ1v) is 8.46. The van der Waals surface area contributed by atoms with E-state index >= 15 is 0 Å². The Balaban J connectivity index is 2.63. The molecule has 1 rings (SSSR count). The van der Waals surface area contributed by atoms with Crippen LogP contribution < -0.4 is 5.32 Å². The first kappa shape index (κ1) is 14.9. The zero-order valence-electron chi connectivity index (χ0n) is 11.4. The summed E-state index contributed by atoms with van der Waals surface area (Å²) in [6.07, 6.45) is 1.32. The Bertz CT molecular complexity index is 317. The lowest BCUT2D eigenvalue weighted by Crippen LogP contribution is -2.48. The summed E-state index contributed by atoms with van der Waals surface area (Å²) >= 11 is 0. The lowest BCUT2D eigenvalue weighted by atomic mass is 10.0. The van der Waals surface area contributed by atoms with E-state index in [-0.39, 0.29) is 11.8 Å². The summed E-state index contributed by atoms with van der Waals surface area (Å²) in [5, 5.41) is 3.45. The molecular formula is C12H26N2O2S. The van der Waals surface area contributed by atoms with Crippen LogP contribution in [0.4, 0.5) is 0 Å². The summed E-state index contributed by atoms with van der Waals surface area (Å²) in [6, 6.07) is 0.119. The van der Waals surface area contributed by atoms with Crippen molar-refractivity contribution in [2.45, 2.75) is 26.8 Å². The lowest BCUT2D eigenvalue weighted by Gasteiger charge is -2.35. The first-order valence-electron chi connectivity index (χ1n) is 6.40. The molecule has 5 heteroatoms. The molecule has 0 aromatic heterocycles. The second-order valence-electron chi connectivity index (χ2n) is 5.76. The molecule has 1 aliphatic heterocycles. The van der Waals surface area contributed by atoms with E-state index in [1.165, 1.54) is 6.26 Å². The molecule has 0 bridgehead atoms. The highest BCUT2D eigenvalue weighted by molar-refractivity contribution is 7.90. The van der Waals surface area contributed by atoms with Crippen LogP contribution in [0.25, 0.3) is 0 Å². The van der Waals surface area contributed by atoms with Gasteiger partial charge in [0.2, 0.25) is 0 Å². The molecule has 0 aromatic carbocycles. The molecule has 1 heterocycles. The van der Waals surface area contributed by atoms with Gasteiger partial charge in [0.25, 0.3) is 0 Å². The minimum absolute atomic E-state index is 0.119. The van der Waals surface area contributed by atoms with Crippen molar-refractivity contribution < 1.29 is 8.42 Å². The van der Waals surface area contributed by atoms with Crippen LogP contribution in [0.1, 0.15) is 20.8 Å². The third-order valence-corrected chi connectivity index (χ3v) is 4.33. The average molecular weight is 262 g/mol. The van der Waals surface area contributed by atoms with E-state index in [2.05, 4.69) is 24.1 Å². The summed E-state index contributed by atoms with van der Waals surface area (Å²) in [5.74, 6) is 1.41. The van der Waals surface area contributed by atoms with E-state index in [0.29, 0.717) is 11.8 Å². The standard InChI is InChI=1S/C12H26N2O2S/c1-10-5-13-6-11(2)8-14(7-10)12(3)9-17(4,15)16/h10-13H,5-9H2,1-4H3. The molecule has 3 unspecified atom stereocenters. The van der Waals surface area contributed by atoms with E-state index in [9.17, 15) is 8.42 Å². The Morgan fingerprint density at radius 1 is 1.24 bits per heavy atom. The molecule has 1 fully saturated rings. The fourth-order valence-corrected chi connectivity index (χ4v) is 3.57. The predicted octanol–water partition coefficient (Wildman–Crippen LogP) is 0.597. The van der Waals surface area contributed by atoms with Crippen LogP contribution in [0, 0.1) is 11.8 Å². The van der Waals surface area contributed by atoms with Gasteiger partial charge in [-0.05, 0) is 31.8 Å². The quantitative estimate of drug-likeness (QED) is 0.809. The molecule has 17 heavy (non-hydrogen) atoms. The van der Waals surface area contributed by atoms with Crippen molar-refractivity contribution in [3.05, 3.63) is 0 Å². The third kappa shape index (κ3) is 5.84. The van der Waals surface area contributed by atoms with Gasteiger partial charge in [0.05, 0.1) is 5.75 Å². The molecule has 0 radical (unpaired) electrons. The van der Waals surface area contributed by atoms with E-state index in [1.807, 2.05) is 6.92 Å². The van der Waals surface area contributed by atoms with Crippen molar-refractivity contribution in [2.75, 3.05) is 38.2 Å². The van der Waals surface area contributed by atoms with Crippen LogP contribution in [0.3, 0.4) is 0 Å². The minimum atomic E-state index is -2.89. The fraction of sp³-hybridized carbons (Fsp3) is 1.00. The maximum absolute atomic E-state index is 11.4. The maximum Gasteiger partial charge on any atom is 0.148 e. The van der Waals surface area contributed by atoms with Gasteiger partial charge in [-0.2, -0.15) is 0 Å². The molecule has 0 saturated carbocycles. The second kappa shape index (κ2) is 6.16. The highest BCUT2D eigenvalue weighted by atomic mass is 32.2. The van der Waals surface area contributed by atoms with E-state index in [4.69, 9.17) is 0 Å². The maximum atomic E-state index is 11.4. The predicted molar refractivity (Wildman–Crippen MR) is 71.9 cm³/mol. The van der Waals surface area contributed by atoms with Gasteiger partial charge < -0.3 is 5.32 Å². The summed E-state index contributed by atoms with van der Waals surface area (Å²) in [7, 11) is -2.89. The minimum Gasteiger partial charge on any atom is -0.316 e. The number of hydrogen-bond donors (Lipinski definition) is 1. The molecule has 4 nitrogen and oxygen atoms in total.